The van der Waals surface area contributed by atoms with Gasteiger partial charge in [-0.25, -0.2) is 4.79 Å². The lowest BCUT2D eigenvalue weighted by Gasteiger charge is -2.16. The second kappa shape index (κ2) is 7.84. The fourth-order valence-corrected chi connectivity index (χ4v) is 2.37. The van der Waals surface area contributed by atoms with Crippen LogP contribution in [0.3, 0.4) is 0 Å². The van der Waals surface area contributed by atoms with E-state index in [0.717, 1.165) is 12.2 Å². The number of carbonyl (C=O) groups excluding carboxylic acids is 3. The number of hydrogen-bond acceptors (Lipinski definition) is 8. The highest BCUT2D eigenvalue weighted by Crippen LogP contribution is 2.30. The molecule has 0 amide bonds. The minimum absolute atomic E-state index is 0.0758. The number of fused-ring (bicyclic) bond motifs is 1. The van der Waals surface area contributed by atoms with E-state index < -0.39 is 42.3 Å². The molecule has 0 aliphatic carbocycles. The highest BCUT2D eigenvalue weighted by molar-refractivity contribution is 5.86. The fraction of sp³-hybridized carbons (Fsp3) is 0.571. The zero-order chi connectivity index (χ0) is 16.8. The van der Waals surface area contributed by atoms with Crippen LogP contribution in [0.4, 0.5) is 0 Å². The largest absolute Gasteiger partial charge is 0.481 e. The summed E-state index contributed by atoms with van der Waals surface area (Å²) in [6, 6.07) is 0. The van der Waals surface area contributed by atoms with E-state index in [1.54, 1.807) is 0 Å². The number of carbonyl (C=O) groups is 4. The molecule has 2 rings (SSSR count). The number of rotatable bonds is 7. The maximum atomic E-state index is 11.5. The Morgan fingerprint density at radius 3 is 2.22 bits per heavy atom. The number of carboxylic acids is 1. The third-order valence-corrected chi connectivity index (χ3v) is 3.37. The van der Waals surface area contributed by atoms with E-state index in [-0.39, 0.29) is 26.1 Å². The summed E-state index contributed by atoms with van der Waals surface area (Å²) in [4.78, 5) is 43.5. The average molecular weight is 328 g/mol. The smallest absolute Gasteiger partial charge is 0.331 e. The van der Waals surface area contributed by atoms with Crippen LogP contribution >= 0.6 is 0 Å². The van der Waals surface area contributed by atoms with E-state index in [9.17, 15) is 19.2 Å². The number of esters is 2. The Bertz CT molecular complexity index is 512. The Balaban J connectivity index is 1.83. The van der Waals surface area contributed by atoms with Crippen LogP contribution in [0.25, 0.3) is 0 Å². The highest BCUT2D eigenvalue weighted by Gasteiger charge is 2.51. The molecule has 23 heavy (non-hydrogen) atoms. The molecule has 0 saturated carbocycles. The molecule has 4 atom stereocenters. The molecule has 126 valence electrons. The lowest BCUT2D eigenvalue weighted by Crippen LogP contribution is -2.35. The van der Waals surface area contributed by atoms with Crippen molar-refractivity contribution < 1.29 is 43.2 Å². The number of hydrogen-bond donors (Lipinski definition) is 1. The van der Waals surface area contributed by atoms with Crippen LogP contribution in [0.1, 0.15) is 12.8 Å². The van der Waals surface area contributed by atoms with Gasteiger partial charge in [-0.15, -0.1) is 0 Å². The van der Waals surface area contributed by atoms with Crippen LogP contribution in [-0.4, -0.2) is 66.9 Å². The van der Waals surface area contributed by atoms with Crippen molar-refractivity contribution >= 4 is 24.2 Å². The van der Waals surface area contributed by atoms with Gasteiger partial charge in [0.2, 0.25) is 0 Å². The Morgan fingerprint density at radius 2 is 1.65 bits per heavy atom. The summed E-state index contributed by atoms with van der Waals surface area (Å²) >= 11 is 0. The van der Waals surface area contributed by atoms with Gasteiger partial charge in [0.05, 0.1) is 26.1 Å². The summed E-state index contributed by atoms with van der Waals surface area (Å²) in [5.74, 6) is -2.44. The molecular formula is C14H16O9. The third kappa shape index (κ3) is 4.60. The van der Waals surface area contributed by atoms with Gasteiger partial charge in [-0.3, -0.25) is 14.4 Å². The lowest BCUT2D eigenvalue weighted by atomic mass is 10.1. The van der Waals surface area contributed by atoms with Gasteiger partial charge in [0.25, 0.3) is 0 Å². The van der Waals surface area contributed by atoms with E-state index in [2.05, 4.69) is 0 Å². The normalized spacial score (nSPS) is 29.2. The van der Waals surface area contributed by atoms with Gasteiger partial charge in [0, 0.05) is 6.08 Å². The van der Waals surface area contributed by atoms with Crippen LogP contribution < -0.4 is 0 Å². The topological polar surface area (TPSA) is 125 Å². The standard InChI is InChI=1S/C14H16O9/c15-5-1-2-11(18)22-8-6-20-14-9(7-21-13(8)14)23-12(19)4-3-10(16)17/h1-2,5,8-9,13-14H,3-4,6-7H2,(H,16,17)/b2-1-/t8-,9-,13+,14+/m0/s1. The molecule has 2 fully saturated rings. The van der Waals surface area contributed by atoms with Crippen molar-refractivity contribution in [2.75, 3.05) is 13.2 Å². The highest BCUT2D eigenvalue weighted by atomic mass is 16.7. The van der Waals surface area contributed by atoms with E-state index >= 15 is 0 Å². The molecule has 0 aromatic heterocycles. The molecule has 2 aliphatic heterocycles. The van der Waals surface area contributed by atoms with Gasteiger partial charge >= 0.3 is 17.9 Å². The van der Waals surface area contributed by atoms with Crippen molar-refractivity contribution in [2.45, 2.75) is 37.3 Å². The lowest BCUT2D eigenvalue weighted by molar-refractivity contribution is -0.156. The first kappa shape index (κ1) is 17.1. The maximum Gasteiger partial charge on any atom is 0.331 e. The first-order chi connectivity index (χ1) is 11.0. The van der Waals surface area contributed by atoms with Crippen LogP contribution in [0.2, 0.25) is 0 Å². The molecule has 0 bridgehead atoms. The zero-order valence-corrected chi connectivity index (χ0v) is 12.1. The van der Waals surface area contributed by atoms with Crippen molar-refractivity contribution in [3.63, 3.8) is 0 Å². The molecule has 2 saturated heterocycles. The van der Waals surface area contributed by atoms with E-state index in [1.165, 1.54) is 0 Å². The maximum absolute atomic E-state index is 11.5. The van der Waals surface area contributed by atoms with Crippen molar-refractivity contribution in [1.29, 1.82) is 0 Å². The molecule has 9 heteroatoms. The fourth-order valence-electron chi connectivity index (χ4n) is 2.37. The van der Waals surface area contributed by atoms with Gasteiger partial charge in [0.1, 0.15) is 18.5 Å². The minimum Gasteiger partial charge on any atom is -0.481 e. The molecule has 2 heterocycles. The predicted octanol–water partition coefficient (Wildman–Crippen LogP) is -0.772. The first-order valence-electron chi connectivity index (χ1n) is 6.98. The van der Waals surface area contributed by atoms with Gasteiger partial charge in [-0.2, -0.15) is 0 Å². The average Bonchev–Trinajstić information content (AvgIpc) is 3.07. The second-order valence-electron chi connectivity index (χ2n) is 4.99. The van der Waals surface area contributed by atoms with Crippen molar-refractivity contribution in [3.05, 3.63) is 12.2 Å². The monoisotopic (exact) mass is 328 g/mol. The van der Waals surface area contributed by atoms with E-state index in [4.69, 9.17) is 24.1 Å². The van der Waals surface area contributed by atoms with Gasteiger partial charge in [-0.1, -0.05) is 0 Å². The molecule has 0 spiro atoms. The molecule has 2 aliphatic rings. The summed E-state index contributed by atoms with van der Waals surface area (Å²) in [5.41, 5.74) is 0. The molecule has 1 N–H and O–H groups in total. The molecule has 0 radical (unpaired) electrons. The van der Waals surface area contributed by atoms with Crippen molar-refractivity contribution in [3.8, 4) is 0 Å². The first-order valence-corrected chi connectivity index (χ1v) is 6.98. The van der Waals surface area contributed by atoms with Crippen LogP contribution in [0, 0.1) is 0 Å². The van der Waals surface area contributed by atoms with E-state index in [1.807, 2.05) is 0 Å². The number of carboxylic acid groups (broad SMARTS) is 1. The number of aldehydes is 1. The summed E-state index contributed by atoms with van der Waals surface area (Å²) in [7, 11) is 0. The summed E-state index contributed by atoms with van der Waals surface area (Å²) in [6.07, 6.45) is -0.576. The SMILES string of the molecule is O=C/C=C\C(=O)O[C@H]1CO[C@H]2[C@@H]1OC[C@@H]2OC(=O)CCC(=O)O. The van der Waals surface area contributed by atoms with Gasteiger partial charge < -0.3 is 24.1 Å². The quantitative estimate of drug-likeness (QED) is 0.364. The minimum atomic E-state index is -1.09. The summed E-state index contributed by atoms with van der Waals surface area (Å²) < 4.78 is 21.1. The predicted molar refractivity (Wildman–Crippen MR) is 71.3 cm³/mol. The van der Waals surface area contributed by atoms with Crippen molar-refractivity contribution in [2.24, 2.45) is 0 Å². The van der Waals surface area contributed by atoms with Crippen molar-refractivity contribution in [1.82, 2.24) is 0 Å². The van der Waals surface area contributed by atoms with Crippen LogP contribution in [0.15, 0.2) is 12.2 Å². The summed E-state index contributed by atoms with van der Waals surface area (Å²) in [5, 5.41) is 8.52. The Hall–Kier alpha value is -2.26. The third-order valence-electron chi connectivity index (χ3n) is 3.37. The Morgan fingerprint density at radius 1 is 1.04 bits per heavy atom. The second-order valence-corrected chi connectivity index (χ2v) is 4.99. The molecular weight excluding hydrogens is 312 g/mol. The molecule has 0 aromatic rings. The van der Waals surface area contributed by atoms with Crippen LogP contribution in [-0.2, 0) is 38.1 Å². The van der Waals surface area contributed by atoms with Gasteiger partial charge in [0.15, 0.2) is 12.2 Å². The zero-order valence-electron chi connectivity index (χ0n) is 12.1. The number of aliphatic carboxylic acids is 1. The number of ether oxygens (including phenoxy) is 4. The van der Waals surface area contributed by atoms with Crippen LogP contribution in [0.5, 0.6) is 0 Å². The summed E-state index contributed by atoms with van der Waals surface area (Å²) in [6.45, 7) is 0.158. The molecule has 0 unspecified atom stereocenters. The van der Waals surface area contributed by atoms with Gasteiger partial charge in [-0.05, 0) is 6.08 Å². The Labute approximate surface area is 131 Å². The number of allylic oxidation sites excluding steroid dienone is 1. The molecule has 0 aromatic carbocycles. The van der Waals surface area contributed by atoms with E-state index in [0.29, 0.717) is 6.29 Å². The molecule has 9 nitrogen and oxygen atoms in total. The Kier molecular flexibility index (Phi) is 5.83.